The van der Waals surface area contributed by atoms with Gasteiger partial charge in [0.1, 0.15) is 0 Å². The van der Waals surface area contributed by atoms with Gasteiger partial charge in [0.25, 0.3) is 0 Å². The van der Waals surface area contributed by atoms with Gasteiger partial charge >= 0.3 is 0 Å². The molecule has 17 heavy (non-hydrogen) atoms. The van der Waals surface area contributed by atoms with Gasteiger partial charge < -0.3 is 9.47 Å². The Bertz CT molecular complexity index is 344. The van der Waals surface area contributed by atoms with Crippen LogP contribution in [0.25, 0.3) is 0 Å². The highest BCUT2D eigenvalue weighted by atomic mass is 16.7. The summed E-state index contributed by atoms with van der Waals surface area (Å²) in [6.45, 7) is 10.3. The molecule has 0 aromatic heterocycles. The molecule has 1 heterocycles. The molecule has 2 rings (SSSR count). The topological polar surface area (TPSA) is 18.5 Å². The number of ether oxygens (including phenoxy) is 2. The second-order valence-electron chi connectivity index (χ2n) is 5.98. The smallest absolute Gasteiger partial charge is 0.185 e. The van der Waals surface area contributed by atoms with E-state index in [2.05, 4.69) is 32.9 Å². The van der Waals surface area contributed by atoms with Crippen molar-refractivity contribution in [2.45, 2.75) is 52.7 Å². The summed E-state index contributed by atoms with van der Waals surface area (Å²) in [6.07, 6.45) is 8.09. The average Bonchev–Trinajstić information content (AvgIpc) is 2.64. The van der Waals surface area contributed by atoms with E-state index in [0.29, 0.717) is 13.2 Å². The molecule has 96 valence electrons. The average molecular weight is 236 g/mol. The van der Waals surface area contributed by atoms with E-state index >= 15 is 0 Å². The van der Waals surface area contributed by atoms with Crippen LogP contribution in [-0.2, 0) is 9.47 Å². The third kappa shape index (κ3) is 2.80. The van der Waals surface area contributed by atoms with Crippen molar-refractivity contribution in [2.24, 2.45) is 5.41 Å². The fourth-order valence-electron chi connectivity index (χ4n) is 2.87. The first-order valence-corrected chi connectivity index (χ1v) is 6.60. The molecule has 0 spiro atoms. The van der Waals surface area contributed by atoms with Gasteiger partial charge in [0.05, 0.1) is 13.2 Å². The van der Waals surface area contributed by atoms with Crippen molar-refractivity contribution < 1.29 is 9.47 Å². The van der Waals surface area contributed by atoms with Crippen molar-refractivity contribution in [3.05, 3.63) is 23.3 Å². The number of rotatable bonds is 2. The Morgan fingerprint density at radius 1 is 1.12 bits per heavy atom. The first kappa shape index (κ1) is 12.8. The lowest BCUT2D eigenvalue weighted by Crippen LogP contribution is -2.24. The Labute approximate surface area is 105 Å². The van der Waals surface area contributed by atoms with Crippen LogP contribution in [0.2, 0.25) is 0 Å². The Morgan fingerprint density at radius 2 is 1.76 bits per heavy atom. The fourth-order valence-corrected chi connectivity index (χ4v) is 2.87. The SMILES string of the molecule is CC1=C(/C=C/C2(C)OCCO2)C(C)(C)CCC1. The van der Waals surface area contributed by atoms with Crippen LogP contribution in [0.15, 0.2) is 23.3 Å². The minimum atomic E-state index is -0.513. The third-order valence-electron chi connectivity index (χ3n) is 3.96. The van der Waals surface area contributed by atoms with Gasteiger partial charge in [0.15, 0.2) is 5.79 Å². The van der Waals surface area contributed by atoms with E-state index in [9.17, 15) is 0 Å². The quantitative estimate of drug-likeness (QED) is 0.725. The van der Waals surface area contributed by atoms with E-state index in [1.54, 1.807) is 0 Å². The van der Waals surface area contributed by atoms with E-state index < -0.39 is 5.79 Å². The monoisotopic (exact) mass is 236 g/mol. The Hall–Kier alpha value is -0.600. The van der Waals surface area contributed by atoms with Crippen LogP contribution in [0.1, 0.15) is 47.0 Å². The van der Waals surface area contributed by atoms with Crippen molar-refractivity contribution in [1.29, 1.82) is 0 Å². The van der Waals surface area contributed by atoms with Crippen LogP contribution in [0.5, 0.6) is 0 Å². The van der Waals surface area contributed by atoms with Gasteiger partial charge in [-0.25, -0.2) is 0 Å². The van der Waals surface area contributed by atoms with E-state index in [1.807, 2.05) is 6.92 Å². The zero-order valence-corrected chi connectivity index (χ0v) is 11.5. The Balaban J connectivity index is 2.18. The zero-order chi connectivity index (χ0) is 12.5. The molecule has 0 atom stereocenters. The van der Waals surface area contributed by atoms with E-state index in [-0.39, 0.29) is 5.41 Å². The summed E-state index contributed by atoms with van der Waals surface area (Å²) >= 11 is 0. The molecule has 2 nitrogen and oxygen atoms in total. The highest BCUT2D eigenvalue weighted by Gasteiger charge is 2.30. The van der Waals surface area contributed by atoms with Crippen molar-refractivity contribution in [3.8, 4) is 0 Å². The van der Waals surface area contributed by atoms with Crippen LogP contribution in [0, 0.1) is 5.41 Å². The lowest BCUT2D eigenvalue weighted by molar-refractivity contribution is -0.0997. The molecule has 0 aromatic rings. The maximum atomic E-state index is 5.60. The Morgan fingerprint density at radius 3 is 2.35 bits per heavy atom. The first-order chi connectivity index (χ1) is 7.93. The summed E-state index contributed by atoms with van der Waals surface area (Å²) < 4.78 is 11.2. The molecular weight excluding hydrogens is 212 g/mol. The normalized spacial score (nSPS) is 28.0. The van der Waals surface area contributed by atoms with E-state index in [0.717, 1.165) is 0 Å². The molecule has 1 aliphatic heterocycles. The van der Waals surface area contributed by atoms with Gasteiger partial charge in [-0.15, -0.1) is 0 Å². The number of hydrogen-bond donors (Lipinski definition) is 0. The van der Waals surface area contributed by atoms with Gasteiger partial charge in [0.2, 0.25) is 0 Å². The summed E-state index contributed by atoms with van der Waals surface area (Å²) in [5.74, 6) is -0.513. The second kappa shape index (κ2) is 4.58. The molecule has 0 N–H and O–H groups in total. The minimum absolute atomic E-state index is 0.286. The summed E-state index contributed by atoms with van der Waals surface area (Å²) in [5.41, 5.74) is 3.26. The zero-order valence-electron chi connectivity index (χ0n) is 11.5. The number of hydrogen-bond acceptors (Lipinski definition) is 2. The minimum Gasteiger partial charge on any atom is -0.344 e. The summed E-state index contributed by atoms with van der Waals surface area (Å²) in [4.78, 5) is 0. The molecule has 0 unspecified atom stereocenters. The highest BCUT2D eigenvalue weighted by molar-refractivity contribution is 5.33. The molecule has 0 aromatic carbocycles. The molecule has 1 saturated heterocycles. The van der Waals surface area contributed by atoms with Crippen LogP contribution in [0.4, 0.5) is 0 Å². The molecule has 0 saturated carbocycles. The van der Waals surface area contributed by atoms with Crippen LogP contribution >= 0.6 is 0 Å². The second-order valence-corrected chi connectivity index (χ2v) is 5.98. The first-order valence-electron chi connectivity index (χ1n) is 6.60. The van der Waals surface area contributed by atoms with Crippen LogP contribution in [-0.4, -0.2) is 19.0 Å². The largest absolute Gasteiger partial charge is 0.344 e. The molecule has 0 amide bonds. The lowest BCUT2D eigenvalue weighted by Gasteiger charge is -2.33. The van der Waals surface area contributed by atoms with Gasteiger partial charge in [-0.3, -0.25) is 0 Å². The van der Waals surface area contributed by atoms with Crippen molar-refractivity contribution >= 4 is 0 Å². The third-order valence-corrected chi connectivity index (χ3v) is 3.96. The lowest BCUT2D eigenvalue weighted by atomic mass is 9.72. The molecule has 0 radical (unpaired) electrons. The molecule has 1 fully saturated rings. The van der Waals surface area contributed by atoms with Gasteiger partial charge in [0, 0.05) is 0 Å². The standard InChI is InChI=1S/C15H24O2/c1-12-6-5-8-14(2,3)13(12)7-9-15(4)16-10-11-17-15/h7,9H,5-6,8,10-11H2,1-4H3/b9-7+. The summed E-state index contributed by atoms with van der Waals surface area (Å²) in [6, 6.07) is 0. The predicted molar refractivity (Wildman–Crippen MR) is 69.8 cm³/mol. The maximum Gasteiger partial charge on any atom is 0.185 e. The van der Waals surface area contributed by atoms with Crippen LogP contribution < -0.4 is 0 Å². The highest BCUT2D eigenvalue weighted by Crippen LogP contribution is 2.41. The number of allylic oxidation sites excluding steroid dienone is 3. The van der Waals surface area contributed by atoms with Crippen molar-refractivity contribution in [3.63, 3.8) is 0 Å². The summed E-state index contributed by atoms with van der Waals surface area (Å²) in [5, 5.41) is 0. The maximum absolute atomic E-state index is 5.60. The molecule has 2 aliphatic rings. The van der Waals surface area contributed by atoms with Gasteiger partial charge in [-0.2, -0.15) is 0 Å². The van der Waals surface area contributed by atoms with Crippen molar-refractivity contribution in [1.82, 2.24) is 0 Å². The predicted octanol–water partition coefficient (Wildman–Crippen LogP) is 3.83. The van der Waals surface area contributed by atoms with Gasteiger partial charge in [-0.05, 0) is 50.2 Å². The van der Waals surface area contributed by atoms with E-state index in [4.69, 9.17) is 9.47 Å². The molecule has 0 bridgehead atoms. The molecule has 1 aliphatic carbocycles. The molecular formula is C15H24O2. The summed E-state index contributed by atoms with van der Waals surface area (Å²) in [7, 11) is 0. The van der Waals surface area contributed by atoms with Crippen molar-refractivity contribution in [2.75, 3.05) is 13.2 Å². The molecule has 2 heteroatoms. The van der Waals surface area contributed by atoms with E-state index in [1.165, 1.54) is 30.4 Å². The van der Waals surface area contributed by atoms with Gasteiger partial charge in [-0.1, -0.05) is 25.5 Å². The Kier molecular flexibility index (Phi) is 3.46. The van der Waals surface area contributed by atoms with Crippen LogP contribution in [0.3, 0.4) is 0 Å². The fraction of sp³-hybridized carbons (Fsp3) is 0.733.